The number of ketones is 1. The molecule has 3 saturated heterocycles. The maximum Gasteiger partial charge on any atom is 0.329 e. The van der Waals surface area contributed by atoms with Gasteiger partial charge in [-0.3, -0.25) is 14.4 Å². The number of carboxylic acids is 2. The summed E-state index contributed by atoms with van der Waals surface area (Å²) in [4.78, 5) is 46.5. The van der Waals surface area contributed by atoms with E-state index in [1.807, 2.05) is 0 Å². The summed E-state index contributed by atoms with van der Waals surface area (Å²) >= 11 is 0. The molecular formula is C14H17NO9. The lowest BCUT2D eigenvalue weighted by molar-refractivity contribution is -0.229. The minimum absolute atomic E-state index is 0.000243. The fourth-order valence-electron chi connectivity index (χ4n) is 3.83. The van der Waals surface area contributed by atoms with Gasteiger partial charge in [-0.2, -0.15) is 0 Å². The van der Waals surface area contributed by atoms with Crippen molar-refractivity contribution in [3.05, 3.63) is 0 Å². The minimum Gasteiger partial charge on any atom is -0.481 e. The Labute approximate surface area is 136 Å². The van der Waals surface area contributed by atoms with Crippen LogP contribution in [0.15, 0.2) is 0 Å². The first-order valence-electron chi connectivity index (χ1n) is 7.41. The van der Waals surface area contributed by atoms with E-state index in [4.69, 9.17) is 14.2 Å². The maximum atomic E-state index is 12.3. The van der Waals surface area contributed by atoms with Gasteiger partial charge in [0.1, 0.15) is 30.4 Å². The standard InChI is InChI=1S/C14H17NO9/c1-5(16)2-6-9-10(23-4-22-6)8-12(19)15-11(13(20)21)14(8,24-9)3-7(17)18/h6,8-11H,2-4H2,1H3,(H,15,19)(H,17,18)(H,20,21)/t6-,8-,9+,10+,11+,14-/m1/s1. The van der Waals surface area contributed by atoms with Gasteiger partial charge in [-0.1, -0.05) is 0 Å². The molecule has 3 fully saturated rings. The SMILES string of the molecule is CC(=O)C[C@H]1OCO[C@@H]2[C@H]1O[C@@]1(CC(=O)O)[C@H](C(=O)O)NC(=O)[C@@H]21. The molecule has 0 unspecified atom stereocenters. The van der Waals surface area contributed by atoms with Gasteiger partial charge >= 0.3 is 11.9 Å². The van der Waals surface area contributed by atoms with Crippen molar-refractivity contribution >= 4 is 23.6 Å². The number of rotatable bonds is 5. The first-order valence-corrected chi connectivity index (χ1v) is 7.41. The zero-order valence-electron chi connectivity index (χ0n) is 12.8. The molecule has 132 valence electrons. The molecule has 3 rings (SSSR count). The summed E-state index contributed by atoms with van der Waals surface area (Å²) in [6.07, 6.45) is -3.16. The summed E-state index contributed by atoms with van der Waals surface area (Å²) in [5.41, 5.74) is -1.78. The highest BCUT2D eigenvalue weighted by atomic mass is 16.7. The first kappa shape index (κ1) is 16.8. The highest BCUT2D eigenvalue weighted by Gasteiger charge is 2.71. The molecule has 10 nitrogen and oxygen atoms in total. The van der Waals surface area contributed by atoms with E-state index in [1.165, 1.54) is 6.92 Å². The molecule has 6 atom stereocenters. The molecule has 3 N–H and O–H groups in total. The van der Waals surface area contributed by atoms with Crippen LogP contribution >= 0.6 is 0 Å². The lowest BCUT2D eigenvalue weighted by Crippen LogP contribution is -2.53. The number of aliphatic carboxylic acids is 2. The fraction of sp³-hybridized carbons (Fsp3) is 0.714. The van der Waals surface area contributed by atoms with E-state index in [2.05, 4.69) is 5.32 Å². The van der Waals surface area contributed by atoms with Crippen LogP contribution in [0.3, 0.4) is 0 Å². The summed E-state index contributed by atoms with van der Waals surface area (Å²) < 4.78 is 16.6. The monoisotopic (exact) mass is 343 g/mol. The van der Waals surface area contributed by atoms with E-state index in [0.29, 0.717) is 0 Å². The molecule has 0 aromatic heterocycles. The van der Waals surface area contributed by atoms with Gasteiger partial charge in [-0.05, 0) is 6.92 Å². The average molecular weight is 343 g/mol. The largest absolute Gasteiger partial charge is 0.481 e. The second-order valence-electron chi connectivity index (χ2n) is 6.23. The number of Topliss-reactive ketones (excluding diaryl/α,β-unsaturated/α-hetero) is 1. The predicted octanol–water partition coefficient (Wildman–Crippen LogP) is -1.48. The van der Waals surface area contributed by atoms with Gasteiger partial charge in [0.15, 0.2) is 6.04 Å². The average Bonchev–Trinajstić information content (AvgIpc) is 2.91. The van der Waals surface area contributed by atoms with Crippen molar-refractivity contribution in [1.29, 1.82) is 0 Å². The molecular weight excluding hydrogens is 326 g/mol. The van der Waals surface area contributed by atoms with E-state index in [-0.39, 0.29) is 19.0 Å². The van der Waals surface area contributed by atoms with E-state index < -0.39 is 60.1 Å². The Hall–Kier alpha value is -2.04. The minimum atomic E-state index is -1.78. The summed E-state index contributed by atoms with van der Waals surface area (Å²) in [7, 11) is 0. The fourth-order valence-corrected chi connectivity index (χ4v) is 3.83. The van der Waals surface area contributed by atoms with Crippen LogP contribution in [-0.2, 0) is 33.4 Å². The van der Waals surface area contributed by atoms with Crippen molar-refractivity contribution in [1.82, 2.24) is 5.32 Å². The number of nitrogens with one attached hydrogen (secondary N) is 1. The third kappa shape index (κ3) is 2.46. The summed E-state index contributed by atoms with van der Waals surface area (Å²) in [6.45, 7) is 1.18. The first-order chi connectivity index (χ1) is 11.3. The Morgan fingerprint density at radius 1 is 1.25 bits per heavy atom. The van der Waals surface area contributed by atoms with Crippen molar-refractivity contribution in [3.8, 4) is 0 Å². The smallest absolute Gasteiger partial charge is 0.329 e. The molecule has 0 saturated carbocycles. The highest BCUT2D eigenvalue weighted by molar-refractivity contribution is 5.94. The third-order valence-corrected chi connectivity index (χ3v) is 4.66. The van der Waals surface area contributed by atoms with Crippen molar-refractivity contribution in [2.75, 3.05) is 6.79 Å². The highest BCUT2D eigenvalue weighted by Crippen LogP contribution is 2.49. The predicted molar refractivity (Wildman–Crippen MR) is 72.8 cm³/mol. The van der Waals surface area contributed by atoms with Gasteiger partial charge in [0, 0.05) is 6.42 Å². The summed E-state index contributed by atoms with van der Waals surface area (Å²) in [6, 6.07) is -1.52. The van der Waals surface area contributed by atoms with Gasteiger partial charge in [-0.15, -0.1) is 0 Å². The molecule has 3 heterocycles. The van der Waals surface area contributed by atoms with E-state index >= 15 is 0 Å². The Kier molecular flexibility index (Phi) is 4.06. The van der Waals surface area contributed by atoms with Crippen molar-refractivity contribution in [2.45, 2.75) is 49.7 Å². The topological polar surface area (TPSA) is 148 Å². The second-order valence-corrected chi connectivity index (χ2v) is 6.23. The Morgan fingerprint density at radius 3 is 2.54 bits per heavy atom. The molecule has 3 aliphatic heterocycles. The number of carbonyl (C=O) groups is 4. The van der Waals surface area contributed by atoms with Crippen LogP contribution < -0.4 is 5.32 Å². The lowest BCUT2D eigenvalue weighted by atomic mass is 9.80. The molecule has 1 amide bonds. The Balaban J connectivity index is 2.00. The Morgan fingerprint density at radius 2 is 1.96 bits per heavy atom. The zero-order valence-corrected chi connectivity index (χ0v) is 12.8. The van der Waals surface area contributed by atoms with Gasteiger partial charge in [0.05, 0.1) is 18.4 Å². The summed E-state index contributed by atoms with van der Waals surface area (Å²) in [5, 5.41) is 20.9. The van der Waals surface area contributed by atoms with Crippen molar-refractivity contribution < 1.29 is 43.6 Å². The van der Waals surface area contributed by atoms with Crippen LogP contribution in [-0.4, -0.2) is 70.6 Å². The van der Waals surface area contributed by atoms with Gasteiger partial charge < -0.3 is 29.7 Å². The van der Waals surface area contributed by atoms with Crippen LogP contribution in [0.1, 0.15) is 19.8 Å². The second kappa shape index (κ2) is 5.80. The number of ether oxygens (including phenoxy) is 3. The maximum absolute atomic E-state index is 12.3. The number of amides is 1. The third-order valence-electron chi connectivity index (χ3n) is 4.66. The Bertz CT molecular complexity index is 605. The van der Waals surface area contributed by atoms with Gasteiger partial charge in [0.25, 0.3) is 0 Å². The number of hydrogen-bond acceptors (Lipinski definition) is 7. The molecule has 0 radical (unpaired) electrons. The molecule has 10 heteroatoms. The van der Waals surface area contributed by atoms with E-state index in [9.17, 15) is 29.4 Å². The molecule has 0 aliphatic carbocycles. The number of carboxylic acid groups (broad SMARTS) is 2. The molecule has 0 aromatic carbocycles. The normalized spacial score (nSPS) is 40.5. The summed E-state index contributed by atoms with van der Waals surface area (Å²) in [5.74, 6) is -4.61. The molecule has 24 heavy (non-hydrogen) atoms. The number of hydrogen-bond donors (Lipinski definition) is 3. The quantitative estimate of drug-likeness (QED) is 0.543. The molecule has 3 aliphatic rings. The zero-order chi connectivity index (χ0) is 17.6. The van der Waals surface area contributed by atoms with E-state index in [1.54, 1.807) is 0 Å². The molecule has 0 bridgehead atoms. The van der Waals surface area contributed by atoms with Crippen molar-refractivity contribution in [2.24, 2.45) is 5.92 Å². The van der Waals surface area contributed by atoms with E-state index in [0.717, 1.165) is 0 Å². The van der Waals surface area contributed by atoms with Crippen LogP contribution in [0.2, 0.25) is 0 Å². The molecule has 0 spiro atoms. The number of fused-ring (bicyclic) bond motifs is 3. The molecule has 0 aromatic rings. The van der Waals surface area contributed by atoms with Crippen LogP contribution in [0.25, 0.3) is 0 Å². The van der Waals surface area contributed by atoms with Crippen LogP contribution in [0, 0.1) is 5.92 Å². The number of carbonyl (C=O) groups excluding carboxylic acids is 2. The lowest BCUT2D eigenvalue weighted by Gasteiger charge is -2.34. The van der Waals surface area contributed by atoms with Gasteiger partial charge in [-0.25, -0.2) is 4.79 Å². The van der Waals surface area contributed by atoms with Gasteiger partial charge in [0.2, 0.25) is 5.91 Å². The van der Waals surface area contributed by atoms with Crippen LogP contribution in [0.5, 0.6) is 0 Å². The van der Waals surface area contributed by atoms with Crippen LogP contribution in [0.4, 0.5) is 0 Å². The van der Waals surface area contributed by atoms with Crippen molar-refractivity contribution in [3.63, 3.8) is 0 Å².